The molecule has 0 bridgehead atoms. The van der Waals surface area contributed by atoms with Crippen molar-refractivity contribution >= 4 is 63.8 Å². The second-order valence-electron chi connectivity index (χ2n) is 22.9. The van der Waals surface area contributed by atoms with E-state index in [1.807, 2.05) is 139 Å². The number of ether oxygens (including phenoxy) is 4. The molecule has 0 spiro atoms. The van der Waals surface area contributed by atoms with Gasteiger partial charge in [-0.25, -0.2) is 23.7 Å². The smallest absolute Gasteiger partial charge is 0.423 e. The number of halogens is 2. The van der Waals surface area contributed by atoms with Gasteiger partial charge in [0.1, 0.15) is 16.5 Å². The van der Waals surface area contributed by atoms with Gasteiger partial charge < -0.3 is 38.3 Å². The van der Waals surface area contributed by atoms with Crippen LogP contribution in [0.1, 0.15) is 152 Å². The molecular formula is C62H80B2BrIN12O8. The highest BCUT2D eigenvalue weighted by molar-refractivity contribution is 14.1. The highest BCUT2D eigenvalue weighted by atomic mass is 127. The Hall–Kier alpha value is -5.54. The minimum absolute atomic E-state index is 0.00720. The molecule has 456 valence electrons. The zero-order valence-corrected chi connectivity index (χ0v) is 54.4. The normalized spacial score (nSPS) is 20.6. The second kappa shape index (κ2) is 30.6. The zero-order valence-electron chi connectivity index (χ0n) is 50.6. The lowest BCUT2D eigenvalue weighted by atomic mass is 9.80. The maximum absolute atomic E-state index is 9.58. The summed E-state index contributed by atoms with van der Waals surface area (Å²) in [6, 6.07) is 27.5. The van der Waals surface area contributed by atoms with Gasteiger partial charge in [-0.2, -0.15) is 20.4 Å². The summed E-state index contributed by atoms with van der Waals surface area (Å²) in [4.78, 5) is 17.7. The highest BCUT2D eigenvalue weighted by Crippen LogP contribution is 2.37. The van der Waals surface area contributed by atoms with Crippen LogP contribution in [0.15, 0.2) is 114 Å². The molecule has 4 atom stereocenters. The van der Waals surface area contributed by atoms with Crippen molar-refractivity contribution in [1.29, 1.82) is 0 Å². The summed E-state index contributed by atoms with van der Waals surface area (Å²) in [5.74, 6) is 0. The van der Waals surface area contributed by atoms with Crippen LogP contribution in [-0.4, -0.2) is 121 Å². The van der Waals surface area contributed by atoms with Crippen LogP contribution < -0.4 is 11.1 Å². The van der Waals surface area contributed by atoms with Crippen molar-refractivity contribution in [2.75, 3.05) is 26.4 Å². The van der Waals surface area contributed by atoms with Crippen LogP contribution in [0.3, 0.4) is 0 Å². The summed E-state index contributed by atoms with van der Waals surface area (Å²) in [7, 11) is -1.97. The average molecular weight is 1350 g/mol. The zero-order chi connectivity index (χ0) is 60.8. The van der Waals surface area contributed by atoms with Crippen molar-refractivity contribution in [1.82, 2.24) is 59.1 Å². The van der Waals surface area contributed by atoms with E-state index in [0.29, 0.717) is 23.5 Å². The molecule has 5 aliphatic heterocycles. The lowest BCUT2D eigenvalue weighted by Crippen LogP contribution is -2.42. The molecule has 13 heterocycles. The van der Waals surface area contributed by atoms with Gasteiger partial charge in [-0.05, 0) is 232 Å². The molecular weight excluding hydrogens is 1270 g/mol. The molecule has 86 heavy (non-hydrogen) atoms. The van der Waals surface area contributed by atoms with E-state index in [2.05, 4.69) is 107 Å². The minimum Gasteiger partial charge on any atom is -0.423 e. The Kier molecular flexibility index (Phi) is 23.1. The van der Waals surface area contributed by atoms with Gasteiger partial charge in [-0.15, -0.1) is 0 Å². The first-order valence-electron chi connectivity index (χ1n) is 29.9. The van der Waals surface area contributed by atoms with Crippen LogP contribution in [0.2, 0.25) is 0 Å². The fourth-order valence-electron chi connectivity index (χ4n) is 10.5. The molecule has 5 aliphatic rings. The van der Waals surface area contributed by atoms with E-state index >= 15 is 0 Å². The van der Waals surface area contributed by atoms with Crippen molar-refractivity contribution < 1.29 is 38.3 Å². The first kappa shape index (κ1) is 64.9. The summed E-state index contributed by atoms with van der Waals surface area (Å²) in [6.45, 7) is 19.3. The third-order valence-corrected chi connectivity index (χ3v) is 16.9. The standard InChI is InChI=1S/C14H18BN3O3.C14H23BN2O3.C14H16IN3O.C14H17N3O.C6H6BrN/c1-10-5-4-6-12(17-10)14-11(15(19)20)9-16-18(14)13-7-2-3-8-21-13;1-13(2)14(3,4)20-15(19-13)11-8-9-16-17(11)12-7-5-6-10-18-12;1-10-5-4-6-12(17-10)14-11(15)9-16-18(14)13-7-2-3-8-19-13;1-11-5-4-6-12(16-11)13-8-9-15-17(13)14-7-2-3-10-18-14;1-5-3-2-4-6(7)8-5/h4-6,9,13,19-20H,2-3,7-8H2,1H3;8-9,12H,5-7,10H2,1-4H3;4-6,9,13H,2-3,7-8H2,1H3;4-6,8-9,14H,2-3,7,10H2,1H3;2-4H,1H3. The van der Waals surface area contributed by atoms with Crippen molar-refractivity contribution in [3.05, 3.63) is 141 Å². The van der Waals surface area contributed by atoms with Gasteiger partial charge in [-0.1, -0.05) is 24.3 Å². The van der Waals surface area contributed by atoms with E-state index < -0.39 is 7.12 Å². The van der Waals surface area contributed by atoms with Crippen LogP contribution in [0.5, 0.6) is 0 Å². The van der Waals surface area contributed by atoms with Crippen molar-refractivity contribution in [3.8, 4) is 34.2 Å². The number of hydrogen-bond acceptors (Lipinski definition) is 16. The number of aryl methyl sites for hydroxylation is 4. The molecule has 24 heteroatoms. The van der Waals surface area contributed by atoms with Gasteiger partial charge in [-0.3, -0.25) is 15.0 Å². The van der Waals surface area contributed by atoms with Gasteiger partial charge in [0, 0.05) is 73.3 Å². The highest BCUT2D eigenvalue weighted by Gasteiger charge is 2.53. The van der Waals surface area contributed by atoms with Gasteiger partial charge in [0.2, 0.25) is 0 Å². The molecule has 0 saturated carbocycles. The summed E-state index contributed by atoms with van der Waals surface area (Å²) < 4.78 is 45.0. The van der Waals surface area contributed by atoms with Gasteiger partial charge in [0.25, 0.3) is 0 Å². The summed E-state index contributed by atoms with van der Waals surface area (Å²) >= 11 is 5.56. The molecule has 20 nitrogen and oxygen atoms in total. The summed E-state index contributed by atoms with van der Waals surface area (Å²) in [5, 5.41) is 36.8. The molecule has 8 aromatic heterocycles. The third-order valence-electron chi connectivity index (χ3n) is 15.7. The van der Waals surface area contributed by atoms with Crippen LogP contribution in [0.4, 0.5) is 0 Å². The maximum atomic E-state index is 9.58. The van der Waals surface area contributed by atoms with Gasteiger partial charge in [0.15, 0.2) is 18.7 Å². The van der Waals surface area contributed by atoms with Crippen LogP contribution >= 0.6 is 38.5 Å². The summed E-state index contributed by atoms with van der Waals surface area (Å²) in [5.41, 5.74) is 9.88. The number of nitrogens with zero attached hydrogens (tertiary/aromatic N) is 12. The first-order valence-corrected chi connectivity index (χ1v) is 31.8. The molecule has 0 aromatic carbocycles. The molecule has 5 fully saturated rings. The lowest BCUT2D eigenvalue weighted by Gasteiger charge is -2.32. The summed E-state index contributed by atoms with van der Waals surface area (Å²) in [6.07, 6.45) is 19.9. The van der Waals surface area contributed by atoms with Crippen LogP contribution in [-0.2, 0) is 28.3 Å². The fraction of sp³-hybridized carbons (Fsp3) is 0.484. The van der Waals surface area contributed by atoms with Crippen molar-refractivity contribution in [2.45, 2.75) is 169 Å². The Balaban J connectivity index is 0.000000131. The van der Waals surface area contributed by atoms with E-state index in [-0.39, 0.29) is 43.2 Å². The average Bonchev–Trinajstić information content (AvgIpc) is 2.99. The largest absolute Gasteiger partial charge is 0.514 e. The van der Waals surface area contributed by atoms with E-state index in [1.165, 1.54) is 25.5 Å². The van der Waals surface area contributed by atoms with Gasteiger partial charge >= 0.3 is 14.2 Å². The van der Waals surface area contributed by atoms with Crippen molar-refractivity contribution in [3.63, 3.8) is 0 Å². The van der Waals surface area contributed by atoms with Crippen molar-refractivity contribution in [2.24, 2.45) is 0 Å². The Morgan fingerprint density at radius 1 is 0.500 bits per heavy atom. The molecule has 0 radical (unpaired) electrons. The molecule has 2 N–H and O–H groups in total. The fourth-order valence-corrected chi connectivity index (χ4v) is 11.6. The van der Waals surface area contributed by atoms with Crippen LogP contribution in [0.25, 0.3) is 34.2 Å². The number of aromatic nitrogens is 12. The maximum Gasteiger partial charge on any atom is 0.514 e. The minimum atomic E-state index is -1.58. The van der Waals surface area contributed by atoms with E-state index in [4.69, 9.17) is 28.3 Å². The Morgan fingerprint density at radius 3 is 1.38 bits per heavy atom. The number of pyridine rings is 4. The monoisotopic (exact) mass is 1350 g/mol. The predicted octanol–water partition coefficient (Wildman–Crippen LogP) is 11.2. The van der Waals surface area contributed by atoms with E-state index in [9.17, 15) is 10.0 Å². The quantitative estimate of drug-likeness (QED) is 0.0780. The topological polar surface area (TPSA) is 219 Å². The van der Waals surface area contributed by atoms with Crippen LogP contribution in [0, 0.1) is 31.3 Å². The predicted molar refractivity (Wildman–Crippen MR) is 343 cm³/mol. The molecule has 13 rings (SSSR count). The molecule has 4 unspecified atom stereocenters. The first-order chi connectivity index (χ1) is 41.5. The second-order valence-corrected chi connectivity index (χ2v) is 24.9. The number of rotatable bonds is 9. The number of hydrogen-bond donors (Lipinski definition) is 2. The Bertz CT molecular complexity index is 3370. The third kappa shape index (κ3) is 16.8. The molecule has 0 amide bonds. The molecule has 8 aromatic rings. The molecule has 0 aliphatic carbocycles. The SMILES string of the molecule is CC1(C)OB(c2ccnn2C2CCCCO2)OC1(C)C.Cc1cccc(-c2c(B(O)O)cnn2C2CCCCO2)n1.Cc1cccc(-c2c(I)cnn2C2CCCCO2)n1.Cc1cccc(-c2ccnn2C2CCCCO2)n1.Cc1cccc(Br)n1. The molecule has 5 saturated heterocycles. The lowest BCUT2D eigenvalue weighted by molar-refractivity contribution is -0.0385. The Labute approximate surface area is 527 Å². The van der Waals surface area contributed by atoms with Gasteiger partial charge in [0.05, 0.1) is 55.0 Å². The Morgan fingerprint density at radius 2 is 0.919 bits per heavy atom. The van der Waals surface area contributed by atoms with E-state index in [0.717, 1.165) is 137 Å². The van der Waals surface area contributed by atoms with E-state index in [1.54, 1.807) is 10.9 Å².